The molecule has 0 amide bonds. The molecule has 1 aromatic carbocycles. The van der Waals surface area contributed by atoms with Crippen molar-refractivity contribution in [2.24, 2.45) is 0 Å². The van der Waals surface area contributed by atoms with Crippen LogP contribution in [-0.2, 0) is 0 Å². The predicted molar refractivity (Wildman–Crippen MR) is 86.7 cm³/mol. The van der Waals surface area contributed by atoms with Gasteiger partial charge in [-0.3, -0.25) is 0 Å². The first kappa shape index (κ1) is 13.1. The molecule has 0 N–H and O–H groups in total. The molecule has 20 heavy (non-hydrogen) atoms. The smallest absolute Gasteiger partial charge is 0.128 e. The maximum absolute atomic E-state index is 4.74. The van der Waals surface area contributed by atoms with Gasteiger partial charge < -0.3 is 4.90 Å². The van der Waals surface area contributed by atoms with Crippen LogP contribution >= 0.6 is 11.3 Å². The van der Waals surface area contributed by atoms with Crippen LogP contribution in [0.15, 0.2) is 30.3 Å². The average molecular weight is 283 g/mol. The van der Waals surface area contributed by atoms with E-state index in [1.807, 2.05) is 32.0 Å². The lowest BCUT2D eigenvalue weighted by molar-refractivity contribution is 1.05. The van der Waals surface area contributed by atoms with Crippen LogP contribution in [0.1, 0.15) is 11.3 Å². The molecular formula is C16H17N3S. The Balaban J connectivity index is 2.10. The number of fused-ring (bicyclic) bond motifs is 1. The van der Waals surface area contributed by atoms with Crippen molar-refractivity contribution >= 4 is 27.4 Å². The Labute approximate surface area is 122 Å². The topological polar surface area (TPSA) is 29.0 Å². The van der Waals surface area contributed by atoms with Crippen molar-refractivity contribution in [3.63, 3.8) is 0 Å². The Hall–Kier alpha value is -1.94. The van der Waals surface area contributed by atoms with Gasteiger partial charge in [-0.05, 0) is 43.7 Å². The second kappa shape index (κ2) is 4.87. The van der Waals surface area contributed by atoms with Gasteiger partial charge >= 0.3 is 0 Å². The highest BCUT2D eigenvalue weighted by Gasteiger charge is 2.10. The molecular weight excluding hydrogens is 266 g/mol. The van der Waals surface area contributed by atoms with Crippen LogP contribution in [0.5, 0.6) is 0 Å². The normalized spacial score (nSPS) is 11.0. The Kier molecular flexibility index (Phi) is 3.18. The van der Waals surface area contributed by atoms with E-state index in [0.29, 0.717) is 0 Å². The van der Waals surface area contributed by atoms with Crippen LogP contribution in [0.25, 0.3) is 20.8 Å². The van der Waals surface area contributed by atoms with Crippen LogP contribution in [-0.4, -0.2) is 24.1 Å². The minimum atomic E-state index is 0.975. The standard InChI is InChI=1S/C16H17N3S/c1-10-5-7-14-13(9-10)18-16(20-14)12-6-8-15(19(3)4)17-11(12)2/h5-9H,1-4H3. The molecule has 0 saturated carbocycles. The quantitative estimate of drug-likeness (QED) is 0.710. The SMILES string of the molecule is Cc1ccc2sc(-c3ccc(N(C)C)nc3C)nc2c1. The monoisotopic (exact) mass is 283 g/mol. The third-order valence-electron chi connectivity index (χ3n) is 3.30. The minimum absolute atomic E-state index is 0.975. The zero-order valence-electron chi connectivity index (χ0n) is 12.1. The Morgan fingerprint density at radius 2 is 1.80 bits per heavy atom. The second-order valence-corrected chi connectivity index (χ2v) is 6.22. The van der Waals surface area contributed by atoms with Crippen molar-refractivity contribution in [3.05, 3.63) is 41.6 Å². The lowest BCUT2D eigenvalue weighted by atomic mass is 10.2. The molecule has 0 unspecified atom stereocenters. The van der Waals surface area contributed by atoms with Gasteiger partial charge in [-0.2, -0.15) is 0 Å². The summed E-state index contributed by atoms with van der Waals surface area (Å²) in [5.41, 5.74) is 4.45. The molecule has 3 aromatic rings. The Morgan fingerprint density at radius 1 is 1.00 bits per heavy atom. The van der Waals surface area contributed by atoms with Crippen molar-refractivity contribution in [2.45, 2.75) is 13.8 Å². The highest BCUT2D eigenvalue weighted by molar-refractivity contribution is 7.21. The van der Waals surface area contributed by atoms with Crippen molar-refractivity contribution in [1.82, 2.24) is 9.97 Å². The molecule has 0 fully saturated rings. The van der Waals surface area contributed by atoms with Gasteiger partial charge in [0.05, 0.1) is 10.2 Å². The van der Waals surface area contributed by atoms with Gasteiger partial charge in [0, 0.05) is 25.4 Å². The number of hydrogen-bond acceptors (Lipinski definition) is 4. The van der Waals surface area contributed by atoms with E-state index in [1.54, 1.807) is 11.3 Å². The highest BCUT2D eigenvalue weighted by atomic mass is 32.1. The molecule has 102 valence electrons. The molecule has 0 aliphatic carbocycles. The zero-order chi connectivity index (χ0) is 14.3. The number of hydrogen-bond donors (Lipinski definition) is 0. The number of thiazole rings is 1. The molecule has 4 heteroatoms. The third kappa shape index (κ3) is 2.27. The number of aromatic nitrogens is 2. The van der Waals surface area contributed by atoms with Crippen LogP contribution in [0.2, 0.25) is 0 Å². The number of benzene rings is 1. The van der Waals surface area contributed by atoms with Gasteiger partial charge in [0.25, 0.3) is 0 Å². The van der Waals surface area contributed by atoms with Crippen LogP contribution < -0.4 is 4.90 Å². The summed E-state index contributed by atoms with van der Waals surface area (Å²) < 4.78 is 1.22. The summed E-state index contributed by atoms with van der Waals surface area (Å²) in [7, 11) is 4.00. The molecule has 3 rings (SSSR count). The van der Waals surface area contributed by atoms with E-state index in [0.717, 1.165) is 27.6 Å². The molecule has 0 spiro atoms. The van der Waals surface area contributed by atoms with E-state index < -0.39 is 0 Å². The number of anilines is 1. The fourth-order valence-corrected chi connectivity index (χ4v) is 3.20. The number of pyridine rings is 1. The molecule has 3 nitrogen and oxygen atoms in total. The van der Waals surface area contributed by atoms with E-state index >= 15 is 0 Å². The van der Waals surface area contributed by atoms with E-state index in [-0.39, 0.29) is 0 Å². The molecule has 2 heterocycles. The Bertz CT molecular complexity index is 774. The summed E-state index contributed by atoms with van der Waals surface area (Å²) in [4.78, 5) is 11.4. The molecule has 0 aliphatic rings. The molecule has 0 aliphatic heterocycles. The van der Waals surface area contributed by atoms with Gasteiger partial charge in [0.15, 0.2) is 0 Å². The highest BCUT2D eigenvalue weighted by Crippen LogP contribution is 2.32. The summed E-state index contributed by atoms with van der Waals surface area (Å²) in [6.07, 6.45) is 0. The lowest BCUT2D eigenvalue weighted by Gasteiger charge is -2.12. The second-order valence-electron chi connectivity index (χ2n) is 5.19. The van der Waals surface area contributed by atoms with Crippen LogP contribution in [0.4, 0.5) is 5.82 Å². The first-order chi connectivity index (χ1) is 9.54. The minimum Gasteiger partial charge on any atom is -0.363 e. The molecule has 0 atom stereocenters. The van der Waals surface area contributed by atoms with Crippen LogP contribution in [0, 0.1) is 13.8 Å². The van der Waals surface area contributed by atoms with Gasteiger partial charge in [-0.25, -0.2) is 9.97 Å². The van der Waals surface area contributed by atoms with Crippen LogP contribution in [0.3, 0.4) is 0 Å². The van der Waals surface area contributed by atoms with Gasteiger partial charge in [-0.15, -0.1) is 11.3 Å². The summed E-state index contributed by atoms with van der Waals surface area (Å²) in [6, 6.07) is 10.6. The molecule has 0 bridgehead atoms. The summed E-state index contributed by atoms with van der Waals surface area (Å²) >= 11 is 1.72. The van der Waals surface area contributed by atoms with E-state index in [4.69, 9.17) is 4.98 Å². The first-order valence-corrected chi connectivity index (χ1v) is 7.39. The van der Waals surface area contributed by atoms with E-state index in [1.165, 1.54) is 10.3 Å². The van der Waals surface area contributed by atoms with Crippen molar-refractivity contribution in [3.8, 4) is 10.6 Å². The fraction of sp³-hybridized carbons (Fsp3) is 0.250. The summed E-state index contributed by atoms with van der Waals surface area (Å²) in [5, 5.41) is 1.04. The maximum Gasteiger partial charge on any atom is 0.128 e. The first-order valence-electron chi connectivity index (χ1n) is 6.57. The zero-order valence-corrected chi connectivity index (χ0v) is 13.0. The van der Waals surface area contributed by atoms with Gasteiger partial charge in [0.2, 0.25) is 0 Å². The maximum atomic E-state index is 4.74. The van der Waals surface area contributed by atoms with Crippen molar-refractivity contribution < 1.29 is 0 Å². The van der Waals surface area contributed by atoms with Gasteiger partial charge in [0.1, 0.15) is 10.8 Å². The molecule has 0 saturated heterocycles. The predicted octanol–water partition coefficient (Wildman–Crippen LogP) is 4.04. The van der Waals surface area contributed by atoms with Crippen molar-refractivity contribution in [1.29, 1.82) is 0 Å². The summed E-state index contributed by atoms with van der Waals surface area (Å²) in [6.45, 7) is 4.14. The Morgan fingerprint density at radius 3 is 2.50 bits per heavy atom. The van der Waals surface area contributed by atoms with E-state index in [2.05, 4.69) is 36.2 Å². The molecule has 0 radical (unpaired) electrons. The van der Waals surface area contributed by atoms with Gasteiger partial charge in [-0.1, -0.05) is 6.07 Å². The third-order valence-corrected chi connectivity index (χ3v) is 4.37. The molecule has 2 aromatic heterocycles. The average Bonchev–Trinajstić information content (AvgIpc) is 2.80. The van der Waals surface area contributed by atoms with E-state index in [9.17, 15) is 0 Å². The number of nitrogens with zero attached hydrogens (tertiary/aromatic N) is 3. The lowest BCUT2D eigenvalue weighted by Crippen LogP contribution is -2.11. The largest absolute Gasteiger partial charge is 0.363 e. The number of aryl methyl sites for hydroxylation is 2. The number of rotatable bonds is 2. The van der Waals surface area contributed by atoms with Crippen molar-refractivity contribution in [2.75, 3.05) is 19.0 Å². The summed E-state index contributed by atoms with van der Waals surface area (Å²) in [5.74, 6) is 0.975. The fourth-order valence-electron chi connectivity index (χ4n) is 2.18.